The Hall–Kier alpha value is -1.10. The van der Waals surface area contributed by atoms with Crippen molar-refractivity contribution in [2.45, 2.75) is 38.9 Å². The van der Waals surface area contributed by atoms with Crippen molar-refractivity contribution >= 4 is 0 Å². The first-order valence-electron chi connectivity index (χ1n) is 7.85. The molecule has 0 aliphatic carbocycles. The molecule has 0 amide bonds. The molecule has 1 saturated heterocycles. The first kappa shape index (κ1) is 16.3. The smallest absolute Gasteiger partial charge is 0.123 e. The van der Waals surface area contributed by atoms with Gasteiger partial charge >= 0.3 is 0 Å². The number of nitrogens with one attached hydrogen (secondary N) is 1. The first-order chi connectivity index (χ1) is 10.2. The summed E-state index contributed by atoms with van der Waals surface area (Å²) < 4.78 is 11.1. The van der Waals surface area contributed by atoms with Crippen LogP contribution in [0.5, 0.6) is 5.75 Å². The van der Waals surface area contributed by atoms with E-state index < -0.39 is 0 Å². The summed E-state index contributed by atoms with van der Waals surface area (Å²) in [6, 6.07) is 7.34. The van der Waals surface area contributed by atoms with Crippen molar-refractivity contribution in [3.8, 4) is 5.75 Å². The lowest BCUT2D eigenvalue weighted by Crippen LogP contribution is -2.44. The number of hydrogen-bond donors (Lipinski definition) is 1. The van der Waals surface area contributed by atoms with Gasteiger partial charge in [-0.15, -0.1) is 0 Å². The number of morpholine rings is 1. The predicted octanol–water partition coefficient (Wildman–Crippen LogP) is 2.59. The Bertz CT molecular complexity index is 450. The maximum Gasteiger partial charge on any atom is 0.123 e. The van der Waals surface area contributed by atoms with Crippen LogP contribution in [0.2, 0.25) is 0 Å². The largest absolute Gasteiger partial charge is 0.496 e. The molecular weight excluding hydrogens is 264 g/mol. The van der Waals surface area contributed by atoms with Gasteiger partial charge in [0.15, 0.2) is 0 Å². The highest BCUT2D eigenvalue weighted by atomic mass is 16.5. The zero-order chi connectivity index (χ0) is 15.2. The minimum atomic E-state index is 0.348. The lowest BCUT2D eigenvalue weighted by molar-refractivity contribution is -0.0130. The van der Waals surface area contributed by atoms with E-state index in [1.165, 1.54) is 11.1 Å². The van der Waals surface area contributed by atoms with Crippen molar-refractivity contribution in [1.82, 2.24) is 10.2 Å². The third kappa shape index (κ3) is 3.96. The van der Waals surface area contributed by atoms with Crippen LogP contribution in [-0.4, -0.2) is 44.9 Å². The van der Waals surface area contributed by atoms with Crippen LogP contribution in [0, 0.1) is 0 Å². The zero-order valence-corrected chi connectivity index (χ0v) is 13.7. The molecule has 0 spiro atoms. The average molecular weight is 292 g/mol. The highest BCUT2D eigenvalue weighted by Crippen LogP contribution is 2.26. The third-order valence-corrected chi connectivity index (χ3v) is 4.43. The second-order valence-electron chi connectivity index (χ2n) is 5.69. The fourth-order valence-electron chi connectivity index (χ4n) is 2.85. The number of nitrogens with zero attached hydrogens (tertiary/aromatic N) is 1. The zero-order valence-electron chi connectivity index (χ0n) is 13.7. The molecule has 1 aromatic rings. The molecule has 2 rings (SSSR count). The fourth-order valence-corrected chi connectivity index (χ4v) is 2.85. The Kier molecular flexibility index (Phi) is 6.03. The number of ether oxygens (including phenoxy) is 2. The van der Waals surface area contributed by atoms with Gasteiger partial charge in [-0.1, -0.05) is 13.0 Å². The summed E-state index contributed by atoms with van der Waals surface area (Å²) in [5, 5.41) is 3.30. The summed E-state index contributed by atoms with van der Waals surface area (Å²) in [6.07, 6.45) is 1.12. The van der Waals surface area contributed by atoms with E-state index in [0.29, 0.717) is 12.1 Å². The van der Waals surface area contributed by atoms with Crippen molar-refractivity contribution in [1.29, 1.82) is 0 Å². The summed E-state index contributed by atoms with van der Waals surface area (Å²) in [5.41, 5.74) is 2.56. The SMILES string of the molecule is CCC1COCCN1Cc1cc(C(C)NC)ccc1OC. The Labute approximate surface area is 128 Å². The van der Waals surface area contributed by atoms with Gasteiger partial charge in [0.25, 0.3) is 0 Å². The van der Waals surface area contributed by atoms with Gasteiger partial charge in [0.1, 0.15) is 5.75 Å². The van der Waals surface area contributed by atoms with E-state index in [2.05, 4.69) is 42.3 Å². The molecule has 1 heterocycles. The Balaban J connectivity index is 2.20. The fraction of sp³-hybridized carbons (Fsp3) is 0.647. The summed E-state index contributed by atoms with van der Waals surface area (Å²) >= 11 is 0. The third-order valence-electron chi connectivity index (χ3n) is 4.43. The van der Waals surface area contributed by atoms with Crippen LogP contribution in [-0.2, 0) is 11.3 Å². The molecule has 4 heteroatoms. The van der Waals surface area contributed by atoms with Gasteiger partial charge < -0.3 is 14.8 Å². The van der Waals surface area contributed by atoms with Gasteiger partial charge in [0.05, 0.1) is 20.3 Å². The van der Waals surface area contributed by atoms with Crippen molar-refractivity contribution in [2.75, 3.05) is 33.9 Å². The maximum absolute atomic E-state index is 5.59. The molecule has 0 aromatic heterocycles. The van der Waals surface area contributed by atoms with Crippen molar-refractivity contribution in [3.05, 3.63) is 29.3 Å². The monoisotopic (exact) mass is 292 g/mol. The second kappa shape index (κ2) is 7.78. The van der Waals surface area contributed by atoms with E-state index in [0.717, 1.165) is 38.5 Å². The van der Waals surface area contributed by atoms with Crippen LogP contribution in [0.3, 0.4) is 0 Å². The molecule has 1 aromatic carbocycles. The van der Waals surface area contributed by atoms with Gasteiger partial charge in [-0.05, 0) is 38.1 Å². The molecule has 0 saturated carbocycles. The van der Waals surface area contributed by atoms with Gasteiger partial charge in [-0.25, -0.2) is 0 Å². The van der Waals surface area contributed by atoms with Crippen LogP contribution in [0.1, 0.15) is 37.4 Å². The van der Waals surface area contributed by atoms with Gasteiger partial charge in [-0.2, -0.15) is 0 Å². The van der Waals surface area contributed by atoms with Gasteiger partial charge in [-0.3, -0.25) is 4.90 Å². The molecule has 2 atom stereocenters. The van der Waals surface area contributed by atoms with E-state index in [1.54, 1.807) is 7.11 Å². The Morgan fingerprint density at radius 1 is 1.48 bits per heavy atom. The van der Waals surface area contributed by atoms with Crippen molar-refractivity contribution < 1.29 is 9.47 Å². The summed E-state index contributed by atoms with van der Waals surface area (Å²) in [6.45, 7) is 7.98. The summed E-state index contributed by atoms with van der Waals surface area (Å²) in [7, 11) is 3.74. The van der Waals surface area contributed by atoms with Gasteiger partial charge in [0, 0.05) is 30.7 Å². The normalized spacial score (nSPS) is 21.2. The standard InChI is InChI=1S/C17H28N2O2/c1-5-16-12-21-9-8-19(16)11-15-10-14(13(2)18-3)6-7-17(15)20-4/h6-7,10,13,16,18H,5,8-9,11-12H2,1-4H3. The van der Waals surface area contributed by atoms with Crippen LogP contribution in [0.25, 0.3) is 0 Å². The van der Waals surface area contributed by atoms with E-state index in [9.17, 15) is 0 Å². The maximum atomic E-state index is 5.59. The van der Waals surface area contributed by atoms with E-state index >= 15 is 0 Å². The molecule has 1 aliphatic heterocycles. The highest BCUT2D eigenvalue weighted by Gasteiger charge is 2.22. The van der Waals surface area contributed by atoms with E-state index in [1.807, 2.05) is 7.05 Å². The number of hydrogen-bond acceptors (Lipinski definition) is 4. The Morgan fingerprint density at radius 2 is 2.29 bits per heavy atom. The molecule has 21 heavy (non-hydrogen) atoms. The summed E-state index contributed by atoms with van der Waals surface area (Å²) in [4.78, 5) is 2.51. The minimum Gasteiger partial charge on any atom is -0.496 e. The molecule has 2 unspecified atom stereocenters. The van der Waals surface area contributed by atoms with E-state index in [-0.39, 0.29) is 0 Å². The molecule has 4 nitrogen and oxygen atoms in total. The van der Waals surface area contributed by atoms with Crippen LogP contribution in [0.4, 0.5) is 0 Å². The second-order valence-corrected chi connectivity index (χ2v) is 5.69. The topological polar surface area (TPSA) is 33.7 Å². The highest BCUT2D eigenvalue weighted by molar-refractivity contribution is 5.38. The molecule has 1 N–H and O–H groups in total. The number of rotatable bonds is 6. The number of benzene rings is 1. The van der Waals surface area contributed by atoms with Crippen molar-refractivity contribution in [3.63, 3.8) is 0 Å². The quantitative estimate of drug-likeness (QED) is 0.874. The lowest BCUT2D eigenvalue weighted by Gasteiger charge is -2.35. The molecule has 0 radical (unpaired) electrons. The van der Waals surface area contributed by atoms with Crippen molar-refractivity contribution in [2.24, 2.45) is 0 Å². The molecule has 118 valence electrons. The lowest BCUT2D eigenvalue weighted by atomic mass is 10.0. The van der Waals surface area contributed by atoms with Crippen LogP contribution >= 0.6 is 0 Å². The Morgan fingerprint density at radius 3 is 2.95 bits per heavy atom. The number of methoxy groups -OCH3 is 1. The van der Waals surface area contributed by atoms with E-state index in [4.69, 9.17) is 9.47 Å². The van der Waals surface area contributed by atoms with Gasteiger partial charge in [0.2, 0.25) is 0 Å². The molecule has 0 bridgehead atoms. The molecule has 1 aliphatic rings. The van der Waals surface area contributed by atoms with Crippen LogP contribution < -0.4 is 10.1 Å². The average Bonchev–Trinajstić information content (AvgIpc) is 2.54. The summed E-state index contributed by atoms with van der Waals surface area (Å²) in [5.74, 6) is 0.975. The minimum absolute atomic E-state index is 0.348. The predicted molar refractivity (Wildman–Crippen MR) is 85.8 cm³/mol. The molecular formula is C17H28N2O2. The van der Waals surface area contributed by atoms with Crippen LogP contribution in [0.15, 0.2) is 18.2 Å². The first-order valence-corrected chi connectivity index (χ1v) is 7.85. The molecule has 1 fully saturated rings.